The average Bonchev–Trinajstić information content (AvgIpc) is 3.48. The SMILES string of the molecule is O=c1c(Cl)c(COCC2(c3cccc(C(F)(F)F)c3)CC2)nc2nc(-c3ccccc3)[nH]n12. The molecule has 1 fully saturated rings. The average molecular weight is 475 g/mol. The van der Waals surface area contributed by atoms with Gasteiger partial charge in [0.1, 0.15) is 5.02 Å². The Balaban J connectivity index is 1.35. The maximum absolute atomic E-state index is 13.1. The zero-order chi connectivity index (χ0) is 23.2. The van der Waals surface area contributed by atoms with Crippen molar-refractivity contribution in [1.82, 2.24) is 19.6 Å². The minimum Gasteiger partial charge on any atom is -0.374 e. The van der Waals surface area contributed by atoms with Crippen molar-refractivity contribution in [2.24, 2.45) is 0 Å². The highest BCUT2D eigenvalue weighted by Gasteiger charge is 2.45. The highest BCUT2D eigenvalue weighted by molar-refractivity contribution is 6.31. The highest BCUT2D eigenvalue weighted by Crippen LogP contribution is 2.49. The summed E-state index contributed by atoms with van der Waals surface area (Å²) in [6.07, 6.45) is -2.96. The van der Waals surface area contributed by atoms with Crippen molar-refractivity contribution >= 4 is 17.4 Å². The molecule has 1 aliphatic carbocycles. The second kappa shape index (κ2) is 8.00. The third-order valence-corrected chi connectivity index (χ3v) is 6.21. The molecular formula is C23H18ClF3N4O2. The van der Waals surface area contributed by atoms with Crippen LogP contribution in [0.4, 0.5) is 13.2 Å². The molecule has 2 aromatic carbocycles. The lowest BCUT2D eigenvalue weighted by atomic mass is 9.95. The Morgan fingerprint density at radius 3 is 2.55 bits per heavy atom. The van der Waals surface area contributed by atoms with Crippen LogP contribution in [0.25, 0.3) is 17.2 Å². The van der Waals surface area contributed by atoms with Crippen molar-refractivity contribution in [3.63, 3.8) is 0 Å². The van der Waals surface area contributed by atoms with Gasteiger partial charge in [0.15, 0.2) is 5.82 Å². The van der Waals surface area contributed by atoms with Crippen LogP contribution in [0.5, 0.6) is 0 Å². The monoisotopic (exact) mass is 474 g/mol. The first kappa shape index (κ1) is 21.7. The van der Waals surface area contributed by atoms with E-state index in [0.29, 0.717) is 11.4 Å². The van der Waals surface area contributed by atoms with E-state index >= 15 is 0 Å². The van der Waals surface area contributed by atoms with Crippen LogP contribution in [0.15, 0.2) is 59.4 Å². The summed E-state index contributed by atoms with van der Waals surface area (Å²) in [5.41, 5.74) is -0.0525. The number of aromatic amines is 1. The minimum atomic E-state index is -4.40. The van der Waals surface area contributed by atoms with Crippen LogP contribution in [0.1, 0.15) is 29.7 Å². The van der Waals surface area contributed by atoms with Crippen molar-refractivity contribution in [3.05, 3.63) is 86.8 Å². The molecule has 33 heavy (non-hydrogen) atoms. The van der Waals surface area contributed by atoms with Gasteiger partial charge in [0.2, 0.25) is 0 Å². The van der Waals surface area contributed by atoms with E-state index in [2.05, 4.69) is 15.1 Å². The Bertz CT molecular complexity index is 1380. The lowest BCUT2D eigenvalue weighted by Gasteiger charge is -2.18. The summed E-state index contributed by atoms with van der Waals surface area (Å²) >= 11 is 6.23. The van der Waals surface area contributed by atoms with Crippen molar-refractivity contribution in [2.75, 3.05) is 6.61 Å². The van der Waals surface area contributed by atoms with Gasteiger partial charge in [0.25, 0.3) is 11.3 Å². The molecule has 2 heterocycles. The second-order valence-electron chi connectivity index (χ2n) is 8.10. The van der Waals surface area contributed by atoms with Gasteiger partial charge in [-0.3, -0.25) is 9.89 Å². The van der Waals surface area contributed by atoms with Gasteiger partial charge >= 0.3 is 6.18 Å². The van der Waals surface area contributed by atoms with Crippen LogP contribution in [0.2, 0.25) is 5.02 Å². The Morgan fingerprint density at radius 1 is 1.09 bits per heavy atom. The van der Waals surface area contributed by atoms with Crippen molar-refractivity contribution in [2.45, 2.75) is 31.0 Å². The van der Waals surface area contributed by atoms with E-state index in [9.17, 15) is 18.0 Å². The fourth-order valence-corrected chi connectivity index (χ4v) is 3.98. The van der Waals surface area contributed by atoms with Gasteiger partial charge < -0.3 is 4.74 Å². The molecule has 4 aromatic rings. The quantitative estimate of drug-likeness (QED) is 0.426. The number of hydrogen-bond donors (Lipinski definition) is 1. The van der Waals surface area contributed by atoms with Gasteiger partial charge in [-0.05, 0) is 24.5 Å². The Kier molecular flexibility index (Phi) is 5.25. The summed E-state index contributed by atoms with van der Waals surface area (Å²) in [6.45, 7) is 0.139. The third kappa shape index (κ3) is 4.14. The normalized spacial score (nSPS) is 15.2. The summed E-state index contributed by atoms with van der Waals surface area (Å²) in [4.78, 5) is 21.4. The van der Waals surface area contributed by atoms with Gasteiger partial charge in [-0.15, -0.1) is 0 Å². The lowest BCUT2D eigenvalue weighted by Crippen LogP contribution is -2.20. The number of benzene rings is 2. The second-order valence-corrected chi connectivity index (χ2v) is 8.48. The van der Waals surface area contributed by atoms with E-state index in [0.717, 1.165) is 24.5 Å². The summed E-state index contributed by atoms with van der Waals surface area (Å²) in [6, 6.07) is 14.6. The van der Waals surface area contributed by atoms with Gasteiger partial charge in [-0.1, -0.05) is 60.1 Å². The van der Waals surface area contributed by atoms with Gasteiger partial charge in [0, 0.05) is 11.0 Å². The fourth-order valence-electron chi connectivity index (χ4n) is 3.80. The number of aromatic nitrogens is 4. The molecule has 0 spiro atoms. The molecule has 2 aromatic heterocycles. The molecule has 5 rings (SSSR count). The highest BCUT2D eigenvalue weighted by atomic mass is 35.5. The molecule has 1 saturated carbocycles. The number of ether oxygens (including phenoxy) is 1. The Morgan fingerprint density at radius 2 is 1.85 bits per heavy atom. The number of halogens is 4. The standard InChI is InChI=1S/C23H18ClF3N4O2/c24-18-17(28-21-29-19(30-31(21)20(18)32)14-5-2-1-3-6-14)12-33-13-22(9-10-22)15-7-4-8-16(11-15)23(25,26)27/h1-8,11H,9-10,12-13H2,(H,28,29,30). The fraction of sp³-hybridized carbons (Fsp3) is 0.261. The first-order valence-electron chi connectivity index (χ1n) is 10.2. The van der Waals surface area contributed by atoms with E-state index in [1.54, 1.807) is 6.07 Å². The molecule has 0 saturated heterocycles. The van der Waals surface area contributed by atoms with Crippen molar-refractivity contribution < 1.29 is 17.9 Å². The number of nitrogens with one attached hydrogen (secondary N) is 1. The summed E-state index contributed by atoms with van der Waals surface area (Å²) in [5, 5.41) is 2.79. The zero-order valence-electron chi connectivity index (χ0n) is 17.2. The molecule has 170 valence electrons. The molecule has 0 amide bonds. The van der Waals surface area contributed by atoms with Gasteiger partial charge in [-0.25, -0.2) is 4.98 Å². The smallest absolute Gasteiger partial charge is 0.374 e. The predicted molar refractivity (Wildman–Crippen MR) is 116 cm³/mol. The summed E-state index contributed by atoms with van der Waals surface area (Å²) in [7, 11) is 0. The zero-order valence-corrected chi connectivity index (χ0v) is 18.0. The van der Waals surface area contributed by atoms with E-state index in [1.165, 1.54) is 16.6 Å². The third-order valence-electron chi connectivity index (χ3n) is 5.83. The Labute approximate surface area is 191 Å². The number of fused-ring (bicyclic) bond motifs is 1. The number of rotatable bonds is 6. The first-order valence-corrected chi connectivity index (χ1v) is 10.6. The van der Waals surface area contributed by atoms with Gasteiger partial charge in [-0.2, -0.15) is 22.7 Å². The predicted octanol–water partition coefficient (Wildman–Crippen LogP) is 5.01. The molecule has 0 unspecified atom stereocenters. The molecular weight excluding hydrogens is 457 g/mol. The lowest BCUT2D eigenvalue weighted by molar-refractivity contribution is -0.137. The van der Waals surface area contributed by atoms with Gasteiger partial charge in [0.05, 0.1) is 24.5 Å². The minimum absolute atomic E-state index is 0.0567. The number of nitrogens with zero attached hydrogens (tertiary/aromatic N) is 3. The molecule has 0 radical (unpaired) electrons. The molecule has 0 bridgehead atoms. The number of H-pyrrole nitrogens is 1. The van der Waals surface area contributed by atoms with E-state index in [1.807, 2.05) is 30.3 Å². The van der Waals surface area contributed by atoms with Crippen LogP contribution >= 0.6 is 11.6 Å². The van der Waals surface area contributed by atoms with Crippen LogP contribution in [0.3, 0.4) is 0 Å². The van der Waals surface area contributed by atoms with E-state index < -0.39 is 22.7 Å². The number of alkyl halides is 3. The molecule has 1 aliphatic rings. The largest absolute Gasteiger partial charge is 0.416 e. The van der Waals surface area contributed by atoms with Crippen LogP contribution in [-0.2, 0) is 22.9 Å². The van der Waals surface area contributed by atoms with E-state index in [-0.39, 0.29) is 29.7 Å². The van der Waals surface area contributed by atoms with E-state index in [4.69, 9.17) is 16.3 Å². The molecule has 1 N–H and O–H groups in total. The van der Waals surface area contributed by atoms with Crippen molar-refractivity contribution in [3.8, 4) is 11.4 Å². The topological polar surface area (TPSA) is 72.3 Å². The summed E-state index contributed by atoms with van der Waals surface area (Å²) in [5.74, 6) is 0.622. The molecule has 6 nitrogen and oxygen atoms in total. The maximum atomic E-state index is 13.1. The van der Waals surface area contributed by atoms with Crippen LogP contribution in [0, 0.1) is 0 Å². The van der Waals surface area contributed by atoms with Crippen LogP contribution < -0.4 is 5.56 Å². The Hall–Kier alpha value is -3.17. The molecule has 10 heteroatoms. The first-order chi connectivity index (χ1) is 15.8. The number of hydrogen-bond acceptors (Lipinski definition) is 4. The summed E-state index contributed by atoms with van der Waals surface area (Å²) < 4.78 is 46.2. The molecule has 0 aliphatic heterocycles. The van der Waals surface area contributed by atoms with Crippen LogP contribution in [-0.4, -0.2) is 26.2 Å². The van der Waals surface area contributed by atoms with Crippen molar-refractivity contribution in [1.29, 1.82) is 0 Å². The molecule has 0 atom stereocenters. The maximum Gasteiger partial charge on any atom is 0.416 e.